The summed E-state index contributed by atoms with van der Waals surface area (Å²) in [6.07, 6.45) is 8.96. The molecule has 0 atom stereocenters. The molecule has 5 nitrogen and oxygen atoms in total. The van der Waals surface area contributed by atoms with Gasteiger partial charge in [-0.1, -0.05) is 23.3 Å². The second-order valence-corrected chi connectivity index (χ2v) is 8.95. The number of piperazine rings is 1. The lowest BCUT2D eigenvalue weighted by molar-refractivity contribution is -0.154. The predicted molar refractivity (Wildman–Crippen MR) is 115 cm³/mol. The van der Waals surface area contributed by atoms with E-state index in [9.17, 15) is 9.59 Å². The first-order chi connectivity index (χ1) is 13.1. The van der Waals surface area contributed by atoms with Gasteiger partial charge in [0.2, 0.25) is 5.91 Å². The van der Waals surface area contributed by atoms with Gasteiger partial charge in [0.15, 0.2) is 0 Å². The van der Waals surface area contributed by atoms with Crippen molar-refractivity contribution in [3.8, 4) is 0 Å². The molecule has 0 aromatic carbocycles. The van der Waals surface area contributed by atoms with E-state index in [-0.39, 0.29) is 11.9 Å². The fourth-order valence-electron chi connectivity index (χ4n) is 3.10. The molecule has 1 rings (SSSR count). The third-order valence-electron chi connectivity index (χ3n) is 4.88. The number of amides is 1. The van der Waals surface area contributed by atoms with Gasteiger partial charge in [-0.05, 0) is 67.3 Å². The quantitative estimate of drug-likeness (QED) is 0.433. The van der Waals surface area contributed by atoms with E-state index in [2.05, 4.69) is 37.9 Å². The molecule has 0 N–H and O–H groups in total. The van der Waals surface area contributed by atoms with Gasteiger partial charge >= 0.3 is 5.97 Å². The van der Waals surface area contributed by atoms with Crippen LogP contribution < -0.4 is 0 Å². The molecule has 160 valence electrons. The van der Waals surface area contributed by atoms with Crippen LogP contribution in [0.3, 0.4) is 0 Å². The monoisotopic (exact) mass is 392 g/mol. The molecule has 1 aliphatic heterocycles. The Labute approximate surface area is 171 Å². The van der Waals surface area contributed by atoms with Crippen LogP contribution in [0.2, 0.25) is 0 Å². The minimum Gasteiger partial charge on any atom is -0.460 e. The zero-order valence-electron chi connectivity index (χ0n) is 18.8. The summed E-state index contributed by atoms with van der Waals surface area (Å²) in [5.74, 6) is 0.136. The molecule has 0 aliphatic carbocycles. The third-order valence-corrected chi connectivity index (χ3v) is 4.88. The van der Waals surface area contributed by atoms with Crippen LogP contribution in [0.5, 0.6) is 0 Å². The number of nitrogens with zero attached hydrogens (tertiary/aromatic N) is 2. The Morgan fingerprint density at radius 3 is 1.96 bits per heavy atom. The molecule has 0 spiro atoms. The maximum atomic E-state index is 12.2. The van der Waals surface area contributed by atoms with E-state index in [0.29, 0.717) is 12.8 Å². The van der Waals surface area contributed by atoms with Crippen LogP contribution in [-0.2, 0) is 14.3 Å². The fourth-order valence-corrected chi connectivity index (χ4v) is 3.10. The molecule has 0 saturated carbocycles. The van der Waals surface area contributed by atoms with Crippen LogP contribution in [0, 0.1) is 0 Å². The van der Waals surface area contributed by atoms with Crippen molar-refractivity contribution < 1.29 is 14.3 Å². The van der Waals surface area contributed by atoms with Crippen LogP contribution in [0.4, 0.5) is 0 Å². The molecule has 1 amide bonds. The van der Waals surface area contributed by atoms with Crippen molar-refractivity contribution in [2.24, 2.45) is 0 Å². The molecule has 0 aromatic heterocycles. The zero-order valence-corrected chi connectivity index (χ0v) is 18.8. The lowest BCUT2D eigenvalue weighted by Gasteiger charge is -2.32. The number of likely N-dealkylation sites (N-methyl/N-ethyl adjacent to an activating group) is 1. The smallest absolute Gasteiger partial charge is 0.306 e. The van der Waals surface area contributed by atoms with Crippen LogP contribution in [0.1, 0.15) is 73.1 Å². The first-order valence-corrected chi connectivity index (χ1v) is 10.6. The van der Waals surface area contributed by atoms with Gasteiger partial charge in [-0.3, -0.25) is 9.59 Å². The number of hydrogen-bond acceptors (Lipinski definition) is 4. The van der Waals surface area contributed by atoms with Crippen LogP contribution >= 0.6 is 0 Å². The normalized spacial score (nSPS) is 17.0. The second kappa shape index (κ2) is 12.1. The van der Waals surface area contributed by atoms with E-state index in [1.165, 1.54) is 11.1 Å². The molecule has 1 aliphatic rings. The van der Waals surface area contributed by atoms with Crippen LogP contribution in [0.25, 0.3) is 0 Å². The van der Waals surface area contributed by atoms with Crippen molar-refractivity contribution in [2.45, 2.75) is 78.7 Å². The Bertz CT molecular complexity index is 565. The maximum absolute atomic E-state index is 12.2. The summed E-state index contributed by atoms with van der Waals surface area (Å²) in [6, 6.07) is 0. The SMILES string of the molecule is CC(=CCCC(=O)N1CCN(C)CC1)CCC=C(C)CCC(=O)OC(C)(C)C. The summed E-state index contributed by atoms with van der Waals surface area (Å²) in [4.78, 5) is 28.2. The summed E-state index contributed by atoms with van der Waals surface area (Å²) < 4.78 is 5.33. The molecular formula is C23H40N2O3. The average Bonchev–Trinajstić information content (AvgIpc) is 2.59. The third kappa shape index (κ3) is 11.3. The minimum absolute atomic E-state index is 0.138. The number of rotatable bonds is 9. The van der Waals surface area contributed by atoms with Crippen molar-refractivity contribution in [1.82, 2.24) is 9.80 Å². The van der Waals surface area contributed by atoms with Gasteiger partial charge in [0.25, 0.3) is 0 Å². The first kappa shape index (κ1) is 24.4. The summed E-state index contributed by atoms with van der Waals surface area (Å²) in [7, 11) is 2.10. The molecule has 0 unspecified atom stereocenters. The summed E-state index contributed by atoms with van der Waals surface area (Å²) in [5.41, 5.74) is 2.13. The van der Waals surface area contributed by atoms with Gasteiger partial charge in [0, 0.05) is 39.0 Å². The Hall–Kier alpha value is -1.62. The van der Waals surface area contributed by atoms with Gasteiger partial charge < -0.3 is 14.5 Å². The number of allylic oxidation sites excluding steroid dienone is 4. The topological polar surface area (TPSA) is 49.9 Å². The Kier molecular flexibility index (Phi) is 10.5. The van der Waals surface area contributed by atoms with Crippen molar-refractivity contribution in [3.05, 3.63) is 23.3 Å². The summed E-state index contributed by atoms with van der Waals surface area (Å²) in [6.45, 7) is 13.5. The first-order valence-electron chi connectivity index (χ1n) is 10.6. The van der Waals surface area contributed by atoms with E-state index < -0.39 is 5.60 Å². The lowest BCUT2D eigenvalue weighted by atomic mass is 10.1. The highest BCUT2D eigenvalue weighted by Crippen LogP contribution is 2.14. The van der Waals surface area contributed by atoms with Gasteiger partial charge in [-0.2, -0.15) is 0 Å². The van der Waals surface area contributed by atoms with Crippen LogP contribution in [-0.4, -0.2) is 60.5 Å². The van der Waals surface area contributed by atoms with Gasteiger partial charge in [-0.15, -0.1) is 0 Å². The lowest BCUT2D eigenvalue weighted by Crippen LogP contribution is -2.47. The zero-order chi connectivity index (χ0) is 21.2. The van der Waals surface area contributed by atoms with E-state index >= 15 is 0 Å². The summed E-state index contributed by atoms with van der Waals surface area (Å²) >= 11 is 0. The highest BCUT2D eigenvalue weighted by atomic mass is 16.6. The molecule has 1 saturated heterocycles. The van der Waals surface area contributed by atoms with Gasteiger partial charge in [-0.25, -0.2) is 0 Å². The molecule has 1 heterocycles. The maximum Gasteiger partial charge on any atom is 0.306 e. The van der Waals surface area contributed by atoms with E-state index in [1.807, 2.05) is 25.7 Å². The average molecular weight is 393 g/mol. The molecule has 1 fully saturated rings. The number of carbonyl (C=O) groups excluding carboxylic acids is 2. The molecule has 28 heavy (non-hydrogen) atoms. The van der Waals surface area contributed by atoms with E-state index in [4.69, 9.17) is 4.74 Å². The van der Waals surface area contributed by atoms with Gasteiger partial charge in [0.1, 0.15) is 5.60 Å². The van der Waals surface area contributed by atoms with Gasteiger partial charge in [0.05, 0.1) is 0 Å². The highest BCUT2D eigenvalue weighted by molar-refractivity contribution is 5.76. The molecule has 0 radical (unpaired) electrons. The number of hydrogen-bond donors (Lipinski definition) is 0. The van der Waals surface area contributed by atoms with Crippen molar-refractivity contribution in [3.63, 3.8) is 0 Å². The van der Waals surface area contributed by atoms with E-state index in [0.717, 1.165) is 51.9 Å². The van der Waals surface area contributed by atoms with Crippen molar-refractivity contribution in [2.75, 3.05) is 33.2 Å². The molecule has 0 aromatic rings. The Balaban J connectivity index is 2.22. The number of carbonyl (C=O) groups is 2. The number of ether oxygens (including phenoxy) is 1. The largest absolute Gasteiger partial charge is 0.460 e. The Morgan fingerprint density at radius 1 is 0.857 bits per heavy atom. The standard InChI is InChI=1S/C23H40N2O3/c1-19(11-8-12-21(26)25-17-15-24(6)16-18-25)9-7-10-20(2)13-14-22(27)28-23(3,4)5/h10-11H,7-9,12-18H2,1-6H3. The highest BCUT2D eigenvalue weighted by Gasteiger charge is 2.18. The second-order valence-electron chi connectivity index (χ2n) is 8.95. The fraction of sp³-hybridized carbons (Fsp3) is 0.739. The predicted octanol–water partition coefficient (Wildman–Crippen LogP) is 4.34. The minimum atomic E-state index is -0.414. The van der Waals surface area contributed by atoms with Crippen molar-refractivity contribution >= 4 is 11.9 Å². The summed E-state index contributed by atoms with van der Waals surface area (Å²) in [5, 5.41) is 0. The van der Waals surface area contributed by atoms with E-state index in [1.54, 1.807) is 0 Å². The molecule has 0 bridgehead atoms. The molecule has 5 heteroatoms. The van der Waals surface area contributed by atoms with Crippen molar-refractivity contribution in [1.29, 1.82) is 0 Å². The Morgan fingerprint density at radius 2 is 1.39 bits per heavy atom. The van der Waals surface area contributed by atoms with Crippen LogP contribution in [0.15, 0.2) is 23.3 Å². The molecular weight excluding hydrogens is 352 g/mol. The number of esters is 1.